The van der Waals surface area contributed by atoms with Crippen molar-refractivity contribution >= 4 is 31.6 Å². The third-order valence-corrected chi connectivity index (χ3v) is 9.37. The lowest BCUT2D eigenvalue weighted by Crippen LogP contribution is -2.50. The van der Waals surface area contributed by atoms with Crippen molar-refractivity contribution in [3.63, 3.8) is 0 Å². The molecule has 0 amide bonds. The van der Waals surface area contributed by atoms with E-state index in [0.717, 1.165) is 12.4 Å². The molecule has 22 heavy (non-hydrogen) atoms. The van der Waals surface area contributed by atoms with Crippen LogP contribution in [-0.4, -0.2) is 21.2 Å². The lowest BCUT2D eigenvalue weighted by atomic mass is 9.82. The van der Waals surface area contributed by atoms with E-state index in [1.807, 2.05) is 0 Å². The maximum Gasteiger partial charge on any atom is 0.184 e. The molecule has 2 atom stereocenters. The topological polar surface area (TPSA) is 18.5 Å². The van der Waals surface area contributed by atoms with E-state index in [-0.39, 0.29) is 11.0 Å². The van der Waals surface area contributed by atoms with Gasteiger partial charge in [0.25, 0.3) is 0 Å². The van der Waals surface area contributed by atoms with E-state index in [1.165, 1.54) is 22.5 Å². The Hall–Kier alpha value is -0.0731. The van der Waals surface area contributed by atoms with Crippen LogP contribution in [0.2, 0.25) is 11.6 Å². The van der Waals surface area contributed by atoms with Gasteiger partial charge in [-0.25, -0.2) is 0 Å². The molecule has 1 aliphatic heterocycles. The molecule has 2 rings (SSSR count). The minimum absolute atomic E-state index is 0.195. The van der Waals surface area contributed by atoms with Crippen molar-refractivity contribution < 1.29 is 9.16 Å². The Morgan fingerprint density at radius 3 is 2.23 bits per heavy atom. The third-order valence-electron chi connectivity index (χ3n) is 4.46. The Labute approximate surface area is 150 Å². The zero-order valence-electron chi connectivity index (χ0n) is 14.5. The van der Waals surface area contributed by atoms with Crippen molar-refractivity contribution in [1.82, 2.24) is 0 Å². The number of benzene rings is 1. The van der Waals surface area contributed by atoms with Crippen LogP contribution in [0.5, 0.6) is 5.75 Å². The summed E-state index contributed by atoms with van der Waals surface area (Å²) in [5.41, 5.74) is 0.472. The molecule has 1 aliphatic rings. The SMILES string of the molecule is CC(C)(C)C([SiH]1CCCCO1)C(C)(C)Oc1ccc(I)cc1. The predicted molar refractivity (Wildman–Crippen MR) is 104 cm³/mol. The molecule has 4 heteroatoms. The largest absolute Gasteiger partial charge is 0.488 e. The second kappa shape index (κ2) is 7.22. The maximum absolute atomic E-state index is 6.45. The van der Waals surface area contributed by atoms with Crippen LogP contribution in [0.1, 0.15) is 47.5 Å². The molecule has 0 bridgehead atoms. The summed E-state index contributed by atoms with van der Waals surface area (Å²) in [6.45, 7) is 12.4. The molecular weight excluding hydrogens is 403 g/mol. The monoisotopic (exact) mass is 432 g/mol. The van der Waals surface area contributed by atoms with Gasteiger partial charge in [-0.3, -0.25) is 0 Å². The summed E-state index contributed by atoms with van der Waals surface area (Å²) in [5, 5.41) is 0. The van der Waals surface area contributed by atoms with E-state index in [2.05, 4.69) is 81.5 Å². The van der Waals surface area contributed by atoms with Gasteiger partial charge in [0, 0.05) is 15.7 Å². The zero-order chi connectivity index (χ0) is 16.4. The Bertz CT molecular complexity index is 473. The minimum atomic E-state index is -1.27. The Kier molecular flexibility index (Phi) is 5.99. The van der Waals surface area contributed by atoms with Gasteiger partial charge in [0.05, 0.1) is 0 Å². The summed E-state index contributed by atoms with van der Waals surface area (Å²) in [6, 6.07) is 9.64. The molecular formula is C18H29IO2Si. The predicted octanol–water partition coefficient (Wildman–Crippen LogP) is 5.40. The van der Waals surface area contributed by atoms with Crippen LogP contribution in [0.4, 0.5) is 0 Å². The Morgan fingerprint density at radius 1 is 1.09 bits per heavy atom. The van der Waals surface area contributed by atoms with Crippen molar-refractivity contribution in [2.24, 2.45) is 5.41 Å². The number of hydrogen-bond donors (Lipinski definition) is 0. The minimum Gasteiger partial charge on any atom is -0.488 e. The molecule has 1 saturated heterocycles. The first-order valence-electron chi connectivity index (χ1n) is 8.26. The fourth-order valence-electron chi connectivity index (χ4n) is 3.95. The second-order valence-corrected chi connectivity index (χ2v) is 11.8. The Morgan fingerprint density at radius 2 is 1.73 bits per heavy atom. The summed E-state index contributed by atoms with van der Waals surface area (Å²) in [7, 11) is -1.27. The number of hydrogen-bond acceptors (Lipinski definition) is 2. The van der Waals surface area contributed by atoms with E-state index >= 15 is 0 Å². The van der Waals surface area contributed by atoms with Gasteiger partial charge < -0.3 is 9.16 Å². The summed E-state index contributed by atoms with van der Waals surface area (Å²) in [4.78, 5) is 0. The highest BCUT2D eigenvalue weighted by Crippen LogP contribution is 2.46. The summed E-state index contributed by atoms with van der Waals surface area (Å²) >= 11 is 2.33. The standard InChI is InChI=1S/C18H29IO2Si/c1-17(2,3)16(22-13-7-6-12-20-22)18(4,5)21-15-10-8-14(19)9-11-15/h8-11,16,22H,6-7,12-13H2,1-5H3. The quantitative estimate of drug-likeness (QED) is 0.469. The number of ether oxygens (including phenoxy) is 1. The molecule has 1 fully saturated rings. The molecule has 0 aliphatic carbocycles. The third kappa shape index (κ3) is 4.71. The first-order chi connectivity index (χ1) is 10.2. The normalized spacial score (nSPS) is 21.5. The molecule has 0 N–H and O–H groups in total. The van der Waals surface area contributed by atoms with Gasteiger partial charge in [0.15, 0.2) is 9.04 Å². The van der Waals surface area contributed by atoms with Crippen molar-refractivity contribution in [1.29, 1.82) is 0 Å². The maximum atomic E-state index is 6.45. The molecule has 1 aromatic rings. The van der Waals surface area contributed by atoms with E-state index < -0.39 is 9.04 Å². The van der Waals surface area contributed by atoms with Crippen molar-refractivity contribution in [3.8, 4) is 5.75 Å². The highest BCUT2D eigenvalue weighted by molar-refractivity contribution is 14.1. The molecule has 0 aromatic heterocycles. The number of rotatable bonds is 4. The molecule has 1 heterocycles. The average molecular weight is 432 g/mol. The van der Waals surface area contributed by atoms with Gasteiger partial charge >= 0.3 is 0 Å². The first kappa shape index (κ1) is 18.3. The lowest BCUT2D eigenvalue weighted by molar-refractivity contribution is 0.0504. The highest BCUT2D eigenvalue weighted by atomic mass is 127. The summed E-state index contributed by atoms with van der Waals surface area (Å²) in [6.07, 6.45) is 2.54. The molecule has 0 radical (unpaired) electrons. The summed E-state index contributed by atoms with van der Waals surface area (Å²) < 4.78 is 14.0. The van der Waals surface area contributed by atoms with Gasteiger partial charge in [-0.1, -0.05) is 27.2 Å². The lowest BCUT2D eigenvalue weighted by Gasteiger charge is -2.46. The van der Waals surface area contributed by atoms with Crippen LogP contribution in [-0.2, 0) is 4.43 Å². The number of halogens is 1. The van der Waals surface area contributed by atoms with E-state index in [4.69, 9.17) is 9.16 Å². The first-order valence-corrected chi connectivity index (χ1v) is 11.3. The van der Waals surface area contributed by atoms with Gasteiger partial charge in [-0.2, -0.15) is 0 Å². The van der Waals surface area contributed by atoms with Crippen LogP contribution in [0.25, 0.3) is 0 Å². The zero-order valence-corrected chi connectivity index (χ0v) is 17.8. The molecule has 2 unspecified atom stereocenters. The van der Waals surface area contributed by atoms with Crippen LogP contribution >= 0.6 is 22.6 Å². The van der Waals surface area contributed by atoms with Crippen LogP contribution in [0.3, 0.4) is 0 Å². The van der Waals surface area contributed by atoms with Crippen molar-refractivity contribution in [2.45, 2.75) is 64.6 Å². The van der Waals surface area contributed by atoms with Gasteiger partial charge in [0.2, 0.25) is 0 Å². The smallest absolute Gasteiger partial charge is 0.184 e. The van der Waals surface area contributed by atoms with Crippen molar-refractivity contribution in [3.05, 3.63) is 27.8 Å². The molecule has 1 aromatic carbocycles. The van der Waals surface area contributed by atoms with Gasteiger partial charge in [0.1, 0.15) is 11.4 Å². The fraction of sp³-hybridized carbons (Fsp3) is 0.667. The average Bonchev–Trinajstić information content (AvgIpc) is 2.40. The highest BCUT2D eigenvalue weighted by Gasteiger charge is 2.46. The molecule has 2 nitrogen and oxygen atoms in total. The Balaban J connectivity index is 2.22. The fourth-order valence-corrected chi connectivity index (χ4v) is 8.24. The molecule has 124 valence electrons. The van der Waals surface area contributed by atoms with Crippen LogP contribution < -0.4 is 4.74 Å². The molecule has 0 saturated carbocycles. The van der Waals surface area contributed by atoms with E-state index in [0.29, 0.717) is 5.54 Å². The van der Waals surface area contributed by atoms with Crippen molar-refractivity contribution in [2.75, 3.05) is 6.61 Å². The van der Waals surface area contributed by atoms with Crippen LogP contribution in [0, 0.1) is 8.99 Å². The van der Waals surface area contributed by atoms with E-state index in [1.54, 1.807) is 0 Å². The van der Waals surface area contributed by atoms with Gasteiger partial charge in [-0.05, 0) is 78.6 Å². The summed E-state index contributed by atoms with van der Waals surface area (Å²) in [5.74, 6) is 0.962. The van der Waals surface area contributed by atoms with E-state index in [9.17, 15) is 0 Å². The van der Waals surface area contributed by atoms with Gasteiger partial charge in [-0.15, -0.1) is 0 Å². The molecule has 0 spiro atoms. The second-order valence-electron chi connectivity index (χ2n) is 7.91. The van der Waals surface area contributed by atoms with Crippen LogP contribution in [0.15, 0.2) is 24.3 Å².